The molecule has 1 aromatic rings. The first-order chi connectivity index (χ1) is 8.89. The summed E-state index contributed by atoms with van der Waals surface area (Å²) >= 11 is 0. The molecule has 3 nitrogen and oxygen atoms in total. The molecule has 108 valence electrons. The number of hydrogen-bond acceptors (Lipinski definition) is 3. The van der Waals surface area contributed by atoms with Gasteiger partial charge in [0.15, 0.2) is 0 Å². The number of aliphatic hydroxyl groups excluding tert-OH is 1. The Labute approximate surface area is 117 Å². The summed E-state index contributed by atoms with van der Waals surface area (Å²) in [6, 6.07) is 4.33. The van der Waals surface area contributed by atoms with Crippen molar-refractivity contribution < 1.29 is 9.84 Å². The van der Waals surface area contributed by atoms with Crippen molar-refractivity contribution in [3.8, 4) is 5.75 Å². The molecule has 2 N–H and O–H groups in total. The summed E-state index contributed by atoms with van der Waals surface area (Å²) in [6.45, 7) is 10.2. The van der Waals surface area contributed by atoms with E-state index in [1.165, 1.54) is 16.7 Å². The van der Waals surface area contributed by atoms with E-state index in [9.17, 15) is 5.11 Å². The number of aryl methyl sites for hydroxylation is 2. The summed E-state index contributed by atoms with van der Waals surface area (Å²) in [7, 11) is 1.73. The van der Waals surface area contributed by atoms with Gasteiger partial charge in [-0.3, -0.25) is 0 Å². The van der Waals surface area contributed by atoms with E-state index in [-0.39, 0.29) is 12.0 Å². The van der Waals surface area contributed by atoms with E-state index in [0.717, 1.165) is 25.3 Å². The van der Waals surface area contributed by atoms with Crippen LogP contribution < -0.4 is 10.1 Å². The number of benzene rings is 1. The summed E-state index contributed by atoms with van der Waals surface area (Å²) < 4.78 is 5.48. The standard InChI is InChI=1S/C16H27NO2/c1-12-8-13(2)15(19-5)14(9-12)6-7-17-10-16(3,4)11-18/h8-9,17-18H,6-7,10-11H2,1-5H3. The minimum Gasteiger partial charge on any atom is -0.496 e. The fourth-order valence-electron chi connectivity index (χ4n) is 2.23. The predicted molar refractivity (Wildman–Crippen MR) is 79.9 cm³/mol. The molecule has 0 aliphatic rings. The average Bonchev–Trinajstić information content (AvgIpc) is 2.34. The largest absolute Gasteiger partial charge is 0.496 e. The zero-order valence-electron chi connectivity index (χ0n) is 12.8. The van der Waals surface area contributed by atoms with Gasteiger partial charge in [-0.05, 0) is 37.9 Å². The van der Waals surface area contributed by atoms with Crippen molar-refractivity contribution in [3.05, 3.63) is 28.8 Å². The van der Waals surface area contributed by atoms with Crippen LogP contribution in [0.1, 0.15) is 30.5 Å². The van der Waals surface area contributed by atoms with Crippen LogP contribution in [0.25, 0.3) is 0 Å². The van der Waals surface area contributed by atoms with Crippen LogP contribution >= 0.6 is 0 Å². The second kappa shape index (κ2) is 6.92. The van der Waals surface area contributed by atoms with Gasteiger partial charge >= 0.3 is 0 Å². The molecule has 1 aromatic carbocycles. The van der Waals surface area contributed by atoms with Crippen LogP contribution in [0.3, 0.4) is 0 Å². The van der Waals surface area contributed by atoms with Crippen LogP contribution in [0.4, 0.5) is 0 Å². The Morgan fingerprint density at radius 3 is 2.53 bits per heavy atom. The first kappa shape index (κ1) is 16.0. The topological polar surface area (TPSA) is 41.5 Å². The maximum Gasteiger partial charge on any atom is 0.125 e. The summed E-state index contributed by atoms with van der Waals surface area (Å²) in [5.74, 6) is 0.994. The van der Waals surface area contributed by atoms with Crippen molar-refractivity contribution in [2.75, 3.05) is 26.8 Å². The minimum atomic E-state index is -0.0629. The molecule has 3 heteroatoms. The molecule has 0 spiro atoms. The number of methoxy groups -OCH3 is 1. The second-order valence-electron chi connectivity index (χ2n) is 6.02. The fourth-order valence-corrected chi connectivity index (χ4v) is 2.23. The van der Waals surface area contributed by atoms with Crippen molar-refractivity contribution in [2.45, 2.75) is 34.1 Å². The van der Waals surface area contributed by atoms with E-state index in [4.69, 9.17) is 4.74 Å². The molecule has 0 aromatic heterocycles. The van der Waals surface area contributed by atoms with Crippen LogP contribution in [0.2, 0.25) is 0 Å². The number of ether oxygens (including phenoxy) is 1. The van der Waals surface area contributed by atoms with Crippen molar-refractivity contribution in [1.82, 2.24) is 5.32 Å². The van der Waals surface area contributed by atoms with Crippen molar-refractivity contribution in [3.63, 3.8) is 0 Å². The zero-order chi connectivity index (χ0) is 14.5. The molecule has 1 rings (SSSR count). The van der Waals surface area contributed by atoms with E-state index in [1.807, 2.05) is 0 Å². The van der Waals surface area contributed by atoms with Gasteiger partial charge in [0.1, 0.15) is 5.75 Å². The van der Waals surface area contributed by atoms with Gasteiger partial charge in [0.05, 0.1) is 7.11 Å². The number of rotatable bonds is 7. The van der Waals surface area contributed by atoms with Crippen LogP contribution in [-0.4, -0.2) is 31.9 Å². The molecular formula is C16H27NO2. The van der Waals surface area contributed by atoms with Crippen molar-refractivity contribution in [1.29, 1.82) is 0 Å². The Hall–Kier alpha value is -1.06. The van der Waals surface area contributed by atoms with Crippen LogP contribution in [0.5, 0.6) is 5.75 Å². The molecule has 0 fully saturated rings. The highest BCUT2D eigenvalue weighted by Crippen LogP contribution is 2.25. The molecular weight excluding hydrogens is 238 g/mol. The molecule has 0 radical (unpaired) electrons. The highest BCUT2D eigenvalue weighted by Gasteiger charge is 2.15. The van der Waals surface area contributed by atoms with Crippen molar-refractivity contribution in [2.24, 2.45) is 5.41 Å². The molecule has 0 saturated heterocycles. The number of aliphatic hydroxyl groups is 1. The monoisotopic (exact) mass is 265 g/mol. The van der Waals surface area contributed by atoms with E-state index < -0.39 is 0 Å². The maximum absolute atomic E-state index is 9.21. The van der Waals surface area contributed by atoms with Gasteiger partial charge in [0.25, 0.3) is 0 Å². The molecule has 0 aliphatic carbocycles. The van der Waals surface area contributed by atoms with Crippen molar-refractivity contribution >= 4 is 0 Å². The molecule has 19 heavy (non-hydrogen) atoms. The first-order valence-electron chi connectivity index (χ1n) is 6.85. The third-order valence-corrected chi connectivity index (χ3v) is 3.30. The summed E-state index contributed by atoms with van der Waals surface area (Å²) in [5, 5.41) is 12.6. The minimum absolute atomic E-state index is 0.0629. The summed E-state index contributed by atoms with van der Waals surface area (Å²) in [5.41, 5.74) is 3.64. The van der Waals surface area contributed by atoms with Gasteiger partial charge in [-0.2, -0.15) is 0 Å². The Balaban J connectivity index is 2.58. The van der Waals surface area contributed by atoms with Crippen LogP contribution in [-0.2, 0) is 6.42 Å². The van der Waals surface area contributed by atoms with Gasteiger partial charge in [0, 0.05) is 18.6 Å². The van der Waals surface area contributed by atoms with Gasteiger partial charge in [-0.15, -0.1) is 0 Å². The Bertz CT molecular complexity index is 413. The lowest BCUT2D eigenvalue weighted by molar-refractivity contribution is 0.157. The van der Waals surface area contributed by atoms with Crippen LogP contribution in [0.15, 0.2) is 12.1 Å². The highest BCUT2D eigenvalue weighted by atomic mass is 16.5. The van der Waals surface area contributed by atoms with E-state index in [0.29, 0.717) is 0 Å². The molecule has 0 amide bonds. The lowest BCUT2D eigenvalue weighted by Gasteiger charge is -2.22. The molecule has 0 bridgehead atoms. The predicted octanol–water partition coefficient (Wildman–Crippen LogP) is 2.46. The quantitative estimate of drug-likeness (QED) is 0.744. The molecule has 0 atom stereocenters. The highest BCUT2D eigenvalue weighted by molar-refractivity contribution is 5.43. The number of nitrogens with one attached hydrogen (secondary N) is 1. The SMILES string of the molecule is COc1c(C)cc(C)cc1CCNCC(C)(C)CO. The van der Waals surface area contributed by atoms with Gasteiger partial charge in [-0.25, -0.2) is 0 Å². The zero-order valence-corrected chi connectivity index (χ0v) is 12.8. The summed E-state index contributed by atoms with van der Waals surface area (Å²) in [4.78, 5) is 0. The molecule has 0 heterocycles. The smallest absolute Gasteiger partial charge is 0.125 e. The lowest BCUT2D eigenvalue weighted by Crippen LogP contribution is -2.33. The van der Waals surface area contributed by atoms with Gasteiger partial charge in [0.2, 0.25) is 0 Å². The third kappa shape index (κ3) is 4.84. The Morgan fingerprint density at radius 1 is 1.26 bits per heavy atom. The molecule has 0 unspecified atom stereocenters. The van der Waals surface area contributed by atoms with Gasteiger partial charge in [-0.1, -0.05) is 31.5 Å². The molecule has 0 aliphatic heterocycles. The first-order valence-corrected chi connectivity index (χ1v) is 6.85. The normalized spacial score (nSPS) is 11.7. The Morgan fingerprint density at radius 2 is 1.95 bits per heavy atom. The van der Waals surface area contributed by atoms with E-state index in [1.54, 1.807) is 7.11 Å². The van der Waals surface area contributed by atoms with E-state index >= 15 is 0 Å². The molecule has 0 saturated carbocycles. The van der Waals surface area contributed by atoms with Crippen LogP contribution in [0, 0.1) is 19.3 Å². The number of hydrogen-bond donors (Lipinski definition) is 2. The maximum atomic E-state index is 9.21. The second-order valence-corrected chi connectivity index (χ2v) is 6.02. The Kier molecular flexibility index (Phi) is 5.83. The average molecular weight is 265 g/mol. The fraction of sp³-hybridized carbons (Fsp3) is 0.625. The third-order valence-electron chi connectivity index (χ3n) is 3.30. The summed E-state index contributed by atoms with van der Waals surface area (Å²) in [6.07, 6.45) is 0.938. The van der Waals surface area contributed by atoms with Gasteiger partial charge < -0.3 is 15.2 Å². The lowest BCUT2D eigenvalue weighted by atomic mass is 9.95. The van der Waals surface area contributed by atoms with E-state index in [2.05, 4.69) is 45.1 Å².